The minimum Gasteiger partial charge on any atom is -0.342 e. The van der Waals surface area contributed by atoms with Crippen molar-refractivity contribution in [2.75, 3.05) is 26.7 Å². The molecular formula is C21H33N3O. The summed E-state index contributed by atoms with van der Waals surface area (Å²) in [6.07, 6.45) is 6.37. The molecule has 2 N–H and O–H groups in total. The molecule has 2 aliphatic rings. The number of piperidine rings is 1. The van der Waals surface area contributed by atoms with E-state index in [4.69, 9.17) is 5.73 Å². The first-order chi connectivity index (χ1) is 12.1. The fourth-order valence-electron chi connectivity index (χ4n) is 4.45. The van der Waals surface area contributed by atoms with E-state index in [-0.39, 0.29) is 12.0 Å². The summed E-state index contributed by atoms with van der Waals surface area (Å²) in [5, 5.41) is 0. The number of rotatable bonds is 5. The molecule has 3 rings (SSSR count). The lowest BCUT2D eigenvalue weighted by molar-refractivity contribution is -0.138. The van der Waals surface area contributed by atoms with Gasteiger partial charge in [-0.1, -0.05) is 36.8 Å². The molecule has 2 atom stereocenters. The lowest BCUT2D eigenvalue weighted by atomic mass is 9.84. The van der Waals surface area contributed by atoms with E-state index in [1.807, 2.05) is 0 Å². The van der Waals surface area contributed by atoms with Crippen LogP contribution in [0.3, 0.4) is 0 Å². The van der Waals surface area contributed by atoms with E-state index < -0.39 is 0 Å². The smallest absolute Gasteiger partial charge is 0.225 e. The van der Waals surface area contributed by atoms with E-state index in [1.54, 1.807) is 0 Å². The molecule has 0 radical (unpaired) electrons. The van der Waals surface area contributed by atoms with E-state index in [2.05, 4.69) is 47.2 Å². The molecule has 0 aromatic heterocycles. The molecule has 1 saturated heterocycles. The maximum absolute atomic E-state index is 12.7. The molecule has 1 aliphatic heterocycles. The number of hydrogen-bond acceptors (Lipinski definition) is 3. The molecule has 1 aromatic rings. The molecular weight excluding hydrogens is 310 g/mol. The Kier molecular flexibility index (Phi) is 6.49. The predicted octanol–water partition coefficient (Wildman–Crippen LogP) is 2.87. The fourth-order valence-corrected chi connectivity index (χ4v) is 4.45. The Morgan fingerprint density at radius 1 is 1.16 bits per heavy atom. The van der Waals surface area contributed by atoms with Crippen LogP contribution in [0.15, 0.2) is 30.3 Å². The third-order valence-electron chi connectivity index (χ3n) is 5.86. The van der Waals surface area contributed by atoms with Crippen LogP contribution in [0.25, 0.3) is 0 Å². The lowest BCUT2D eigenvalue weighted by Gasteiger charge is -2.37. The van der Waals surface area contributed by atoms with E-state index in [0.717, 1.165) is 64.7 Å². The Bertz CT molecular complexity index is 539. The van der Waals surface area contributed by atoms with Crippen molar-refractivity contribution in [1.29, 1.82) is 0 Å². The number of nitrogens with two attached hydrogens (primary N) is 1. The van der Waals surface area contributed by atoms with Crippen molar-refractivity contribution in [3.63, 3.8) is 0 Å². The van der Waals surface area contributed by atoms with E-state index in [9.17, 15) is 4.79 Å². The van der Waals surface area contributed by atoms with Crippen molar-refractivity contribution in [3.8, 4) is 0 Å². The summed E-state index contributed by atoms with van der Waals surface area (Å²) in [5.41, 5.74) is 7.42. The van der Waals surface area contributed by atoms with Crippen LogP contribution in [-0.2, 0) is 11.3 Å². The van der Waals surface area contributed by atoms with E-state index in [1.165, 1.54) is 5.56 Å². The van der Waals surface area contributed by atoms with Crippen molar-refractivity contribution in [1.82, 2.24) is 9.80 Å². The van der Waals surface area contributed by atoms with E-state index in [0.29, 0.717) is 11.8 Å². The molecule has 1 aromatic carbocycles. The van der Waals surface area contributed by atoms with Gasteiger partial charge in [0, 0.05) is 38.1 Å². The highest BCUT2D eigenvalue weighted by molar-refractivity contribution is 5.79. The molecule has 138 valence electrons. The van der Waals surface area contributed by atoms with Crippen LogP contribution < -0.4 is 5.73 Å². The van der Waals surface area contributed by atoms with Crippen molar-refractivity contribution < 1.29 is 4.79 Å². The molecule has 1 heterocycles. The van der Waals surface area contributed by atoms with Gasteiger partial charge in [-0.05, 0) is 50.6 Å². The molecule has 4 heteroatoms. The maximum atomic E-state index is 12.7. The summed E-state index contributed by atoms with van der Waals surface area (Å²) in [5.74, 6) is 1.25. The van der Waals surface area contributed by atoms with Crippen LogP contribution in [0.4, 0.5) is 0 Å². The second-order valence-corrected chi connectivity index (χ2v) is 8.07. The van der Waals surface area contributed by atoms with Crippen LogP contribution in [0.1, 0.15) is 44.1 Å². The first-order valence-electron chi connectivity index (χ1n) is 9.88. The number of carbonyl (C=O) groups is 1. The number of amides is 1. The van der Waals surface area contributed by atoms with Crippen molar-refractivity contribution >= 4 is 5.91 Å². The number of benzene rings is 1. The van der Waals surface area contributed by atoms with Crippen LogP contribution >= 0.6 is 0 Å². The average molecular weight is 344 g/mol. The monoisotopic (exact) mass is 343 g/mol. The Hall–Kier alpha value is -1.39. The Balaban J connectivity index is 1.41. The summed E-state index contributed by atoms with van der Waals surface area (Å²) in [7, 11) is 2.20. The molecule has 1 amide bonds. The van der Waals surface area contributed by atoms with Gasteiger partial charge >= 0.3 is 0 Å². The van der Waals surface area contributed by atoms with Gasteiger partial charge in [0.15, 0.2) is 0 Å². The number of nitrogens with zero attached hydrogens (tertiary/aromatic N) is 2. The van der Waals surface area contributed by atoms with Crippen molar-refractivity contribution in [2.24, 2.45) is 17.6 Å². The Morgan fingerprint density at radius 2 is 1.88 bits per heavy atom. The second kappa shape index (κ2) is 8.81. The summed E-state index contributed by atoms with van der Waals surface area (Å²) in [4.78, 5) is 17.3. The molecule has 0 spiro atoms. The number of likely N-dealkylation sites (tertiary alicyclic amines) is 1. The Labute approximate surface area is 152 Å². The normalized spacial score (nSPS) is 25.3. The number of hydrogen-bond donors (Lipinski definition) is 1. The molecule has 1 aliphatic carbocycles. The van der Waals surface area contributed by atoms with Gasteiger partial charge in [0.2, 0.25) is 5.91 Å². The average Bonchev–Trinajstić information content (AvgIpc) is 2.62. The minimum absolute atomic E-state index is 0.182. The highest BCUT2D eigenvalue weighted by Gasteiger charge is 2.31. The third kappa shape index (κ3) is 5.29. The van der Waals surface area contributed by atoms with Crippen molar-refractivity contribution in [2.45, 2.75) is 51.1 Å². The van der Waals surface area contributed by atoms with Crippen LogP contribution in [-0.4, -0.2) is 48.4 Å². The summed E-state index contributed by atoms with van der Waals surface area (Å²) in [6.45, 7) is 3.97. The van der Waals surface area contributed by atoms with Gasteiger partial charge in [0.05, 0.1) is 0 Å². The van der Waals surface area contributed by atoms with Crippen LogP contribution in [0.2, 0.25) is 0 Å². The third-order valence-corrected chi connectivity index (χ3v) is 5.86. The summed E-state index contributed by atoms with van der Waals surface area (Å²) < 4.78 is 0. The summed E-state index contributed by atoms with van der Waals surface area (Å²) >= 11 is 0. The maximum Gasteiger partial charge on any atom is 0.225 e. The van der Waals surface area contributed by atoms with Gasteiger partial charge < -0.3 is 15.5 Å². The van der Waals surface area contributed by atoms with Gasteiger partial charge in [0.1, 0.15) is 0 Å². The molecule has 0 bridgehead atoms. The molecule has 4 nitrogen and oxygen atoms in total. The zero-order chi connectivity index (χ0) is 17.6. The first-order valence-corrected chi connectivity index (χ1v) is 9.88. The second-order valence-electron chi connectivity index (χ2n) is 8.07. The van der Waals surface area contributed by atoms with Gasteiger partial charge in [-0.25, -0.2) is 0 Å². The predicted molar refractivity (Wildman–Crippen MR) is 102 cm³/mol. The lowest BCUT2D eigenvalue weighted by Crippen LogP contribution is -2.45. The molecule has 1 saturated carbocycles. The minimum atomic E-state index is 0.182. The fraction of sp³-hybridized carbons (Fsp3) is 0.667. The first kappa shape index (κ1) is 18.4. The largest absolute Gasteiger partial charge is 0.342 e. The molecule has 2 unspecified atom stereocenters. The van der Waals surface area contributed by atoms with Crippen molar-refractivity contribution in [3.05, 3.63) is 35.9 Å². The van der Waals surface area contributed by atoms with Gasteiger partial charge in [-0.2, -0.15) is 0 Å². The summed E-state index contributed by atoms with van der Waals surface area (Å²) in [6, 6.07) is 10.9. The topological polar surface area (TPSA) is 49.6 Å². The molecule has 2 fully saturated rings. The highest BCUT2D eigenvalue weighted by atomic mass is 16.2. The van der Waals surface area contributed by atoms with Crippen LogP contribution in [0.5, 0.6) is 0 Å². The van der Waals surface area contributed by atoms with Crippen LogP contribution in [0, 0.1) is 11.8 Å². The zero-order valence-electron chi connectivity index (χ0n) is 15.6. The quantitative estimate of drug-likeness (QED) is 0.894. The number of carbonyl (C=O) groups excluding carboxylic acids is 1. The highest BCUT2D eigenvalue weighted by Crippen LogP contribution is 2.27. The molecule has 25 heavy (non-hydrogen) atoms. The van der Waals surface area contributed by atoms with E-state index >= 15 is 0 Å². The van der Waals surface area contributed by atoms with Gasteiger partial charge in [-0.15, -0.1) is 0 Å². The Morgan fingerprint density at radius 3 is 2.56 bits per heavy atom. The van der Waals surface area contributed by atoms with Gasteiger partial charge in [-0.3, -0.25) is 4.79 Å². The zero-order valence-corrected chi connectivity index (χ0v) is 15.6. The van der Waals surface area contributed by atoms with Gasteiger partial charge in [0.25, 0.3) is 0 Å². The standard InChI is InChI=1S/C21H33N3O/c1-23(15-17-6-3-2-4-7-17)16-18-10-12-24(13-11-18)21(25)19-8-5-9-20(22)14-19/h2-4,6-7,18-20H,5,8-16,22H2,1H3. The SMILES string of the molecule is CN(Cc1ccccc1)CC1CCN(C(=O)C2CCCC(N)C2)CC1.